The van der Waals surface area contributed by atoms with Gasteiger partial charge in [-0.1, -0.05) is 24.3 Å². The lowest BCUT2D eigenvalue weighted by Gasteiger charge is -2.19. The molecule has 0 spiro atoms. The van der Waals surface area contributed by atoms with Crippen LogP contribution in [0.25, 0.3) is 6.08 Å². The Hall–Kier alpha value is -2.15. The van der Waals surface area contributed by atoms with Gasteiger partial charge < -0.3 is 14.8 Å². The second kappa shape index (κ2) is 9.87. The van der Waals surface area contributed by atoms with Crippen molar-refractivity contribution in [2.75, 3.05) is 18.9 Å². The van der Waals surface area contributed by atoms with Gasteiger partial charge in [-0.15, -0.1) is 0 Å². The average Bonchev–Trinajstić information content (AvgIpc) is 2.47. The van der Waals surface area contributed by atoms with Crippen LogP contribution in [0.5, 0.6) is 5.75 Å². The summed E-state index contributed by atoms with van der Waals surface area (Å²) < 4.78 is 10.7. The maximum Gasteiger partial charge on any atom is 0.407 e. The molecule has 1 rings (SSSR count). The Morgan fingerprint density at radius 3 is 2.58 bits per heavy atom. The van der Waals surface area contributed by atoms with E-state index in [4.69, 9.17) is 20.6 Å². The number of hydrogen-bond acceptors (Lipinski definition) is 4. The van der Waals surface area contributed by atoms with Gasteiger partial charge in [-0.2, -0.15) is 0 Å². The molecular weight excluding hydrogens is 326 g/mol. The molecule has 132 valence electrons. The second-order valence-corrected chi connectivity index (χ2v) is 7.06. The molecule has 0 saturated heterocycles. The molecule has 0 radical (unpaired) electrons. The van der Waals surface area contributed by atoms with E-state index in [-0.39, 0.29) is 0 Å². The Labute approximate surface area is 147 Å². The summed E-state index contributed by atoms with van der Waals surface area (Å²) in [5.74, 6) is 1.48. The summed E-state index contributed by atoms with van der Waals surface area (Å²) in [5, 5.41) is 8.38. The normalized spacial score (nSPS) is 11.3. The summed E-state index contributed by atoms with van der Waals surface area (Å²) in [6.45, 7) is 6.21. The number of hydrogen-bond donors (Lipinski definition) is 3. The summed E-state index contributed by atoms with van der Waals surface area (Å²) in [4.78, 5) is 11.5. The van der Waals surface area contributed by atoms with E-state index in [9.17, 15) is 4.79 Å². The van der Waals surface area contributed by atoms with Crippen LogP contribution in [0.2, 0.25) is 0 Å². The van der Waals surface area contributed by atoms with E-state index in [1.54, 1.807) is 0 Å². The molecular formula is C17H26N3O3S+. The molecule has 24 heavy (non-hydrogen) atoms. The Balaban J connectivity index is 2.27. The number of nitrogens with one attached hydrogen (secondary N) is 1. The Morgan fingerprint density at radius 1 is 1.33 bits per heavy atom. The van der Waals surface area contributed by atoms with E-state index in [0.29, 0.717) is 18.3 Å². The van der Waals surface area contributed by atoms with Crippen molar-refractivity contribution in [3.05, 3.63) is 35.9 Å². The molecule has 1 amide bonds. The first-order chi connectivity index (χ1) is 11.3. The van der Waals surface area contributed by atoms with E-state index in [0.717, 1.165) is 17.1 Å². The smallest absolute Gasteiger partial charge is 0.407 e. The number of amides is 1. The summed E-state index contributed by atoms with van der Waals surface area (Å²) in [6.07, 6.45) is 3.54. The van der Waals surface area contributed by atoms with Gasteiger partial charge in [-0.25, -0.2) is 4.79 Å². The molecule has 0 atom stereocenters. The van der Waals surface area contributed by atoms with Crippen LogP contribution in [0.3, 0.4) is 0 Å². The molecule has 0 fully saturated rings. The highest BCUT2D eigenvalue weighted by Gasteiger charge is 2.15. The zero-order chi connectivity index (χ0) is 18.0. The predicted molar refractivity (Wildman–Crippen MR) is 98.8 cm³/mol. The lowest BCUT2D eigenvalue weighted by atomic mass is 10.2. The summed E-state index contributed by atoms with van der Waals surface area (Å²) in [7, 11) is 0. The minimum absolute atomic E-state index is 0.364. The maximum absolute atomic E-state index is 11.5. The van der Waals surface area contributed by atoms with Gasteiger partial charge in [0, 0.05) is 5.75 Å². The summed E-state index contributed by atoms with van der Waals surface area (Å²) in [6, 6.07) is 7.66. The van der Waals surface area contributed by atoms with Gasteiger partial charge in [0.15, 0.2) is 0 Å². The van der Waals surface area contributed by atoms with Gasteiger partial charge in [-0.05, 0) is 50.2 Å². The van der Waals surface area contributed by atoms with Gasteiger partial charge >= 0.3 is 6.09 Å². The minimum Gasteiger partial charge on any atom is -0.492 e. The molecule has 0 bridgehead atoms. The van der Waals surface area contributed by atoms with E-state index in [2.05, 4.69) is 5.32 Å². The monoisotopic (exact) mass is 352 g/mol. The van der Waals surface area contributed by atoms with Gasteiger partial charge in [0.05, 0.1) is 6.54 Å². The molecule has 6 nitrogen and oxygen atoms in total. The van der Waals surface area contributed by atoms with Crippen LogP contribution in [0.1, 0.15) is 26.3 Å². The van der Waals surface area contributed by atoms with Gasteiger partial charge in [0.25, 0.3) is 5.17 Å². The highest BCUT2D eigenvalue weighted by atomic mass is 32.2. The minimum atomic E-state index is -0.499. The Morgan fingerprint density at radius 2 is 2.00 bits per heavy atom. The van der Waals surface area contributed by atoms with Crippen molar-refractivity contribution in [2.45, 2.75) is 26.4 Å². The molecule has 0 saturated carbocycles. The molecule has 0 aromatic heterocycles. The van der Waals surface area contributed by atoms with E-state index >= 15 is 0 Å². The SMILES string of the molecule is CC(C)(C)OC(=O)NCCOc1ccc(/C=C/CSC(N)=[NH2+])cc1. The largest absolute Gasteiger partial charge is 0.492 e. The zero-order valence-corrected chi connectivity index (χ0v) is 15.2. The second-order valence-electron chi connectivity index (χ2n) is 5.96. The first-order valence-electron chi connectivity index (χ1n) is 7.63. The number of benzene rings is 1. The topological polar surface area (TPSA) is 99.2 Å². The van der Waals surface area contributed by atoms with Crippen molar-refractivity contribution in [2.24, 2.45) is 5.73 Å². The maximum atomic E-state index is 11.5. The molecule has 0 aliphatic rings. The molecule has 5 N–H and O–H groups in total. The number of carbonyl (C=O) groups excluding carboxylic acids is 1. The number of thioether (sulfide) groups is 1. The van der Waals surface area contributed by atoms with Crippen LogP contribution in [-0.2, 0) is 4.74 Å². The highest BCUT2D eigenvalue weighted by molar-refractivity contribution is 8.13. The predicted octanol–water partition coefficient (Wildman–Crippen LogP) is 1.41. The quantitative estimate of drug-likeness (QED) is 0.391. The number of carbonyl (C=O) groups is 1. The number of alkyl carbamates (subject to hydrolysis) is 1. The first-order valence-corrected chi connectivity index (χ1v) is 8.62. The fourth-order valence-corrected chi connectivity index (χ4v) is 2.02. The van der Waals surface area contributed by atoms with E-state index in [1.165, 1.54) is 11.8 Å². The van der Waals surface area contributed by atoms with Crippen molar-refractivity contribution in [1.82, 2.24) is 5.32 Å². The van der Waals surface area contributed by atoms with Crippen molar-refractivity contribution in [1.29, 1.82) is 0 Å². The zero-order valence-electron chi connectivity index (χ0n) is 14.4. The highest BCUT2D eigenvalue weighted by Crippen LogP contribution is 2.13. The molecule has 0 heterocycles. The van der Waals surface area contributed by atoms with Crippen LogP contribution in [0.4, 0.5) is 4.79 Å². The van der Waals surface area contributed by atoms with Crippen LogP contribution in [-0.4, -0.2) is 35.8 Å². The first kappa shape index (κ1) is 19.9. The fraction of sp³-hybridized carbons (Fsp3) is 0.412. The van der Waals surface area contributed by atoms with Gasteiger partial charge in [0.1, 0.15) is 18.0 Å². The number of amidine groups is 1. The van der Waals surface area contributed by atoms with Crippen LogP contribution in [0, 0.1) is 0 Å². The molecule has 0 unspecified atom stereocenters. The van der Waals surface area contributed by atoms with Crippen molar-refractivity contribution >= 4 is 29.1 Å². The third kappa shape index (κ3) is 9.78. The van der Waals surface area contributed by atoms with Crippen molar-refractivity contribution in [3.63, 3.8) is 0 Å². The standard InChI is InChI=1S/C17H25N3O3S/c1-17(2,3)23-16(21)20-10-11-22-14-8-6-13(7-9-14)5-4-12-24-15(18)19/h4-9H,10-12H2,1-3H3,(H3,18,19)(H,20,21)/p+1/b5-4+. The molecule has 7 heteroatoms. The third-order valence-electron chi connectivity index (χ3n) is 2.58. The Bertz CT molecular complexity index is 565. The van der Waals surface area contributed by atoms with Crippen LogP contribution in [0.15, 0.2) is 30.3 Å². The number of rotatable bonds is 7. The van der Waals surface area contributed by atoms with Crippen molar-refractivity contribution < 1.29 is 19.7 Å². The summed E-state index contributed by atoms with van der Waals surface area (Å²) >= 11 is 1.39. The van der Waals surface area contributed by atoms with E-state index < -0.39 is 11.7 Å². The third-order valence-corrected chi connectivity index (χ3v) is 3.27. The average molecular weight is 352 g/mol. The fourth-order valence-electron chi connectivity index (χ4n) is 1.64. The molecule has 1 aromatic carbocycles. The lowest BCUT2D eigenvalue weighted by Crippen LogP contribution is -2.43. The van der Waals surface area contributed by atoms with Gasteiger partial charge in [-0.3, -0.25) is 11.1 Å². The summed E-state index contributed by atoms with van der Waals surface area (Å²) in [5.41, 5.74) is 5.93. The lowest BCUT2D eigenvalue weighted by molar-refractivity contribution is -0.110. The molecule has 0 aliphatic carbocycles. The van der Waals surface area contributed by atoms with Crippen LogP contribution >= 0.6 is 11.8 Å². The van der Waals surface area contributed by atoms with Crippen molar-refractivity contribution in [3.8, 4) is 5.75 Å². The van der Waals surface area contributed by atoms with Gasteiger partial charge in [0.2, 0.25) is 0 Å². The number of ether oxygens (including phenoxy) is 2. The van der Waals surface area contributed by atoms with Crippen LogP contribution < -0.4 is 21.2 Å². The molecule has 0 aliphatic heterocycles. The number of nitrogens with two attached hydrogens (primary N) is 2. The Kier molecular flexibility index (Phi) is 8.18. The van der Waals surface area contributed by atoms with E-state index in [1.807, 2.05) is 57.2 Å². The molecule has 1 aromatic rings.